The highest BCUT2D eigenvalue weighted by Gasteiger charge is 2.16. The summed E-state index contributed by atoms with van der Waals surface area (Å²) in [7, 11) is 0. The zero-order chi connectivity index (χ0) is 25.8. The fourth-order valence-corrected chi connectivity index (χ4v) is 5.66. The molecule has 1 N–H and O–H groups in total. The van der Waals surface area contributed by atoms with Crippen LogP contribution in [0.5, 0.6) is 0 Å². The molecule has 39 heavy (non-hydrogen) atoms. The van der Waals surface area contributed by atoms with E-state index in [1.807, 2.05) is 18.2 Å². The molecule has 8 rings (SSSR count). The van der Waals surface area contributed by atoms with Crippen LogP contribution in [0.3, 0.4) is 0 Å². The van der Waals surface area contributed by atoms with Gasteiger partial charge < -0.3 is 14.2 Å². The molecule has 8 aromatic rings. The number of nitrogens with one attached hydrogen (secondary N) is 1. The SMILES string of the molecule is c1ccc(-c2cccc3c2oc2c(Nc4cccc(-c5cccc6c5oc5ccccc56)c4)cccc23)cc1. The van der Waals surface area contributed by atoms with Gasteiger partial charge in [0.2, 0.25) is 0 Å². The molecule has 0 bridgehead atoms. The van der Waals surface area contributed by atoms with Crippen LogP contribution in [0, 0.1) is 0 Å². The monoisotopic (exact) mass is 501 g/mol. The third kappa shape index (κ3) is 3.52. The maximum Gasteiger partial charge on any atom is 0.158 e. The van der Waals surface area contributed by atoms with E-state index in [0.717, 1.165) is 77.5 Å². The molecule has 0 aliphatic rings. The molecule has 6 aromatic carbocycles. The van der Waals surface area contributed by atoms with Gasteiger partial charge in [-0.05, 0) is 35.4 Å². The first-order valence-electron chi connectivity index (χ1n) is 13.1. The van der Waals surface area contributed by atoms with E-state index in [-0.39, 0.29) is 0 Å². The minimum atomic E-state index is 0.848. The summed E-state index contributed by atoms with van der Waals surface area (Å²) in [6.45, 7) is 0. The molecule has 0 saturated heterocycles. The van der Waals surface area contributed by atoms with Crippen molar-refractivity contribution in [1.29, 1.82) is 0 Å². The predicted molar refractivity (Wildman–Crippen MR) is 162 cm³/mol. The van der Waals surface area contributed by atoms with E-state index < -0.39 is 0 Å². The molecule has 2 heterocycles. The Bertz CT molecular complexity index is 2150. The standard InChI is InChI=1S/C36H23NO2/c1-2-10-23(11-3-1)26-15-7-18-30-31-19-9-20-32(36(31)39-35(26)30)37-25-13-6-12-24(22-25)27-16-8-17-29-28-14-4-5-21-33(28)38-34(27)29/h1-22,37H. The van der Waals surface area contributed by atoms with Crippen LogP contribution in [-0.4, -0.2) is 0 Å². The van der Waals surface area contributed by atoms with E-state index in [4.69, 9.17) is 8.83 Å². The average molecular weight is 502 g/mol. The van der Waals surface area contributed by atoms with Gasteiger partial charge in [0.1, 0.15) is 16.7 Å². The zero-order valence-corrected chi connectivity index (χ0v) is 21.0. The van der Waals surface area contributed by atoms with E-state index in [9.17, 15) is 0 Å². The lowest BCUT2D eigenvalue weighted by Gasteiger charge is -2.10. The molecule has 0 unspecified atom stereocenters. The van der Waals surface area contributed by atoms with Crippen LogP contribution < -0.4 is 5.32 Å². The van der Waals surface area contributed by atoms with E-state index in [2.05, 4.69) is 121 Å². The van der Waals surface area contributed by atoms with Crippen molar-refractivity contribution in [3.05, 3.63) is 133 Å². The Morgan fingerprint density at radius 3 is 1.85 bits per heavy atom. The summed E-state index contributed by atoms with van der Waals surface area (Å²) in [5, 5.41) is 8.09. The highest BCUT2D eigenvalue weighted by Crippen LogP contribution is 2.40. The Morgan fingerprint density at radius 2 is 1.00 bits per heavy atom. The van der Waals surface area contributed by atoms with Gasteiger partial charge in [0.25, 0.3) is 0 Å². The van der Waals surface area contributed by atoms with Gasteiger partial charge in [0, 0.05) is 38.4 Å². The first kappa shape index (κ1) is 21.8. The van der Waals surface area contributed by atoms with Crippen LogP contribution in [-0.2, 0) is 0 Å². The predicted octanol–water partition coefficient (Wildman–Crippen LogP) is 10.6. The van der Waals surface area contributed by atoms with Crippen molar-refractivity contribution in [2.75, 3.05) is 5.32 Å². The summed E-state index contributed by atoms with van der Waals surface area (Å²) in [6, 6.07) is 46.0. The fraction of sp³-hybridized carbons (Fsp3) is 0. The number of fused-ring (bicyclic) bond motifs is 6. The molecule has 0 amide bonds. The molecule has 0 spiro atoms. The molecule has 0 aliphatic heterocycles. The molecule has 2 aromatic heterocycles. The van der Waals surface area contributed by atoms with Crippen molar-refractivity contribution in [2.24, 2.45) is 0 Å². The second-order valence-corrected chi connectivity index (χ2v) is 9.82. The Balaban J connectivity index is 1.23. The smallest absolute Gasteiger partial charge is 0.158 e. The first-order valence-corrected chi connectivity index (χ1v) is 13.1. The summed E-state index contributed by atoms with van der Waals surface area (Å²) in [6.07, 6.45) is 0. The molecule has 0 radical (unpaired) electrons. The van der Waals surface area contributed by atoms with Gasteiger partial charge in [-0.15, -0.1) is 0 Å². The van der Waals surface area contributed by atoms with Gasteiger partial charge in [0.15, 0.2) is 5.58 Å². The molecule has 0 saturated carbocycles. The maximum absolute atomic E-state index is 6.57. The number of furan rings is 2. The lowest BCUT2D eigenvalue weighted by Crippen LogP contribution is -1.91. The normalized spacial score (nSPS) is 11.6. The summed E-state index contributed by atoms with van der Waals surface area (Å²) in [5.41, 5.74) is 9.87. The van der Waals surface area contributed by atoms with Gasteiger partial charge in [-0.1, -0.05) is 109 Å². The highest BCUT2D eigenvalue weighted by molar-refractivity contribution is 6.13. The van der Waals surface area contributed by atoms with Crippen LogP contribution in [0.2, 0.25) is 0 Å². The highest BCUT2D eigenvalue weighted by atomic mass is 16.3. The number of rotatable bonds is 4. The number of para-hydroxylation sites is 4. The molecular weight excluding hydrogens is 478 g/mol. The topological polar surface area (TPSA) is 38.3 Å². The summed E-state index contributed by atoms with van der Waals surface area (Å²) in [5.74, 6) is 0. The van der Waals surface area contributed by atoms with Crippen molar-refractivity contribution < 1.29 is 8.83 Å². The Kier molecular flexibility index (Phi) is 4.82. The van der Waals surface area contributed by atoms with Gasteiger partial charge in [-0.25, -0.2) is 0 Å². The van der Waals surface area contributed by atoms with E-state index in [1.165, 1.54) is 0 Å². The van der Waals surface area contributed by atoms with Gasteiger partial charge in [0.05, 0.1) is 5.69 Å². The molecule has 0 atom stereocenters. The Morgan fingerprint density at radius 1 is 0.410 bits per heavy atom. The fourth-order valence-electron chi connectivity index (χ4n) is 5.66. The minimum absolute atomic E-state index is 0.848. The van der Waals surface area contributed by atoms with E-state index >= 15 is 0 Å². The van der Waals surface area contributed by atoms with E-state index in [0.29, 0.717) is 0 Å². The average Bonchev–Trinajstić information content (AvgIpc) is 3.57. The van der Waals surface area contributed by atoms with Gasteiger partial charge >= 0.3 is 0 Å². The van der Waals surface area contributed by atoms with Crippen LogP contribution in [0.4, 0.5) is 11.4 Å². The van der Waals surface area contributed by atoms with Crippen molar-refractivity contribution in [1.82, 2.24) is 0 Å². The van der Waals surface area contributed by atoms with Crippen LogP contribution in [0.25, 0.3) is 66.1 Å². The second kappa shape index (κ2) is 8.64. The minimum Gasteiger partial charge on any atom is -0.455 e. The Hall–Kier alpha value is -5.28. The van der Waals surface area contributed by atoms with Crippen LogP contribution >= 0.6 is 0 Å². The van der Waals surface area contributed by atoms with Crippen molar-refractivity contribution >= 4 is 55.3 Å². The number of benzene rings is 6. The van der Waals surface area contributed by atoms with Crippen LogP contribution in [0.1, 0.15) is 0 Å². The summed E-state index contributed by atoms with van der Waals surface area (Å²) >= 11 is 0. The molecule has 3 nitrogen and oxygen atoms in total. The van der Waals surface area contributed by atoms with Gasteiger partial charge in [-0.3, -0.25) is 0 Å². The number of hydrogen-bond acceptors (Lipinski definition) is 3. The first-order chi connectivity index (χ1) is 19.3. The maximum atomic E-state index is 6.57. The third-order valence-electron chi connectivity index (χ3n) is 7.47. The van der Waals surface area contributed by atoms with Crippen molar-refractivity contribution in [3.8, 4) is 22.3 Å². The largest absolute Gasteiger partial charge is 0.455 e. The third-order valence-corrected chi connectivity index (χ3v) is 7.47. The summed E-state index contributed by atoms with van der Waals surface area (Å²) < 4.78 is 12.9. The molecule has 0 fully saturated rings. The number of anilines is 2. The second-order valence-electron chi connectivity index (χ2n) is 9.82. The van der Waals surface area contributed by atoms with Crippen molar-refractivity contribution in [3.63, 3.8) is 0 Å². The van der Waals surface area contributed by atoms with Gasteiger partial charge in [-0.2, -0.15) is 0 Å². The van der Waals surface area contributed by atoms with E-state index in [1.54, 1.807) is 0 Å². The molecule has 184 valence electrons. The molecular formula is C36H23NO2. The lowest BCUT2D eigenvalue weighted by molar-refractivity contribution is 0.670. The Labute approximate surface area is 224 Å². The quantitative estimate of drug-likeness (QED) is 0.261. The lowest BCUT2D eigenvalue weighted by atomic mass is 10.0. The van der Waals surface area contributed by atoms with Crippen molar-refractivity contribution in [2.45, 2.75) is 0 Å². The molecule has 0 aliphatic carbocycles. The molecule has 3 heteroatoms. The van der Waals surface area contributed by atoms with Crippen LogP contribution in [0.15, 0.2) is 142 Å². The number of hydrogen-bond donors (Lipinski definition) is 1. The zero-order valence-electron chi connectivity index (χ0n) is 21.0. The summed E-state index contributed by atoms with van der Waals surface area (Å²) in [4.78, 5) is 0.